The van der Waals surface area contributed by atoms with Gasteiger partial charge in [0.25, 0.3) is 10.0 Å². The van der Waals surface area contributed by atoms with Gasteiger partial charge in [0, 0.05) is 24.0 Å². The quantitative estimate of drug-likeness (QED) is 0.179. The maximum atomic E-state index is 14.5. The first kappa shape index (κ1) is 32.5. The third kappa shape index (κ3) is 8.25. The van der Waals surface area contributed by atoms with Gasteiger partial charge in [-0.1, -0.05) is 115 Å². The van der Waals surface area contributed by atoms with Crippen LogP contribution in [0.4, 0.5) is 5.69 Å². The van der Waals surface area contributed by atoms with Crippen LogP contribution in [0.25, 0.3) is 0 Å². The number of hydrogen-bond donors (Lipinski definition) is 1. The van der Waals surface area contributed by atoms with Crippen LogP contribution in [0.3, 0.4) is 0 Å². The predicted molar refractivity (Wildman–Crippen MR) is 179 cm³/mol. The Morgan fingerprint density at radius 3 is 1.98 bits per heavy atom. The molecule has 10 heteroatoms. The molecular formula is C35H35Cl2N3O4S. The average molecular weight is 665 g/mol. The van der Waals surface area contributed by atoms with Crippen molar-refractivity contribution in [2.45, 2.75) is 55.6 Å². The Balaban J connectivity index is 1.57. The largest absolute Gasteiger partial charge is 0.352 e. The van der Waals surface area contributed by atoms with Gasteiger partial charge < -0.3 is 10.2 Å². The van der Waals surface area contributed by atoms with Crippen LogP contribution >= 0.6 is 23.2 Å². The molecule has 7 nitrogen and oxygen atoms in total. The zero-order valence-electron chi connectivity index (χ0n) is 24.7. The van der Waals surface area contributed by atoms with E-state index in [1.165, 1.54) is 35.2 Å². The molecule has 0 radical (unpaired) electrons. The molecule has 0 heterocycles. The monoisotopic (exact) mass is 663 g/mol. The second-order valence-electron chi connectivity index (χ2n) is 11.1. The van der Waals surface area contributed by atoms with E-state index in [1.54, 1.807) is 18.2 Å². The minimum atomic E-state index is -4.26. The van der Waals surface area contributed by atoms with E-state index < -0.39 is 28.5 Å². The Bertz CT molecular complexity index is 1700. The molecule has 1 aliphatic rings. The van der Waals surface area contributed by atoms with E-state index in [2.05, 4.69) is 5.32 Å². The summed E-state index contributed by atoms with van der Waals surface area (Å²) in [5.74, 6) is -0.816. The molecule has 0 aliphatic heterocycles. The van der Waals surface area contributed by atoms with Crippen molar-refractivity contribution in [1.29, 1.82) is 0 Å². The summed E-state index contributed by atoms with van der Waals surface area (Å²) in [7, 11) is -4.26. The van der Waals surface area contributed by atoms with Crippen molar-refractivity contribution >= 4 is 50.7 Å². The molecule has 1 saturated carbocycles. The van der Waals surface area contributed by atoms with Crippen molar-refractivity contribution in [3.63, 3.8) is 0 Å². The van der Waals surface area contributed by atoms with Crippen LogP contribution < -0.4 is 9.62 Å². The summed E-state index contributed by atoms with van der Waals surface area (Å²) in [4.78, 5) is 30.1. The van der Waals surface area contributed by atoms with Gasteiger partial charge >= 0.3 is 0 Å². The fourth-order valence-electron chi connectivity index (χ4n) is 5.62. The molecule has 2 amide bonds. The van der Waals surface area contributed by atoms with E-state index in [-0.39, 0.29) is 40.5 Å². The zero-order valence-corrected chi connectivity index (χ0v) is 27.0. The highest BCUT2D eigenvalue weighted by Gasteiger charge is 2.36. The standard InChI is InChI=1S/C35H35Cl2N3O4S/c36-28-20-21-32(31(37)23-28)40(45(43,44)30-18-8-3-9-19-30)25-34(41)39(24-27-14-6-2-7-15-27)33(22-26-12-4-1-5-13-26)35(42)38-29-16-10-11-17-29/h1-9,12-15,18-21,23,29,33H,10-11,16-17,22,24-25H2,(H,38,42)/t33-/m0/s1. The van der Waals surface area contributed by atoms with Crippen LogP contribution in [-0.2, 0) is 32.6 Å². The van der Waals surface area contributed by atoms with Crippen molar-refractivity contribution in [2.75, 3.05) is 10.8 Å². The van der Waals surface area contributed by atoms with Gasteiger partial charge in [0.15, 0.2) is 0 Å². The van der Waals surface area contributed by atoms with Gasteiger partial charge in [-0.3, -0.25) is 13.9 Å². The molecule has 1 fully saturated rings. The number of nitrogens with one attached hydrogen (secondary N) is 1. The maximum absolute atomic E-state index is 14.5. The van der Waals surface area contributed by atoms with Crippen LogP contribution in [0.2, 0.25) is 10.0 Å². The smallest absolute Gasteiger partial charge is 0.264 e. The number of benzene rings is 4. The Morgan fingerprint density at radius 2 is 1.38 bits per heavy atom. The lowest BCUT2D eigenvalue weighted by molar-refractivity contribution is -0.140. The number of carbonyl (C=O) groups excluding carboxylic acids is 2. The number of rotatable bonds is 12. The van der Waals surface area contributed by atoms with Crippen molar-refractivity contribution < 1.29 is 18.0 Å². The first-order valence-electron chi connectivity index (χ1n) is 14.9. The summed E-state index contributed by atoms with van der Waals surface area (Å²) < 4.78 is 29.2. The molecule has 0 spiro atoms. The topological polar surface area (TPSA) is 86.8 Å². The Kier molecular flexibility index (Phi) is 10.8. The van der Waals surface area contributed by atoms with Crippen molar-refractivity contribution in [2.24, 2.45) is 0 Å². The molecular weight excluding hydrogens is 629 g/mol. The third-order valence-corrected chi connectivity index (χ3v) is 10.3. The Labute approximate surface area is 274 Å². The minimum absolute atomic E-state index is 0.00163. The number of halogens is 2. The van der Waals surface area contributed by atoms with Crippen LogP contribution in [0, 0.1) is 0 Å². The minimum Gasteiger partial charge on any atom is -0.352 e. The second-order valence-corrected chi connectivity index (χ2v) is 13.8. The maximum Gasteiger partial charge on any atom is 0.264 e. The molecule has 4 aromatic carbocycles. The molecule has 4 aromatic rings. The van der Waals surface area contributed by atoms with Crippen LogP contribution in [0.5, 0.6) is 0 Å². The number of hydrogen-bond acceptors (Lipinski definition) is 4. The van der Waals surface area contributed by atoms with E-state index in [0.29, 0.717) is 5.02 Å². The van der Waals surface area contributed by atoms with Crippen molar-refractivity contribution in [3.05, 3.63) is 130 Å². The second kappa shape index (κ2) is 15.0. The van der Waals surface area contributed by atoms with Gasteiger partial charge in [-0.05, 0) is 54.3 Å². The molecule has 0 saturated heterocycles. The van der Waals surface area contributed by atoms with Gasteiger partial charge in [0.1, 0.15) is 12.6 Å². The number of amides is 2. The molecule has 1 aliphatic carbocycles. The van der Waals surface area contributed by atoms with E-state index in [9.17, 15) is 18.0 Å². The molecule has 234 valence electrons. The summed E-state index contributed by atoms with van der Waals surface area (Å²) in [5, 5.41) is 3.57. The summed E-state index contributed by atoms with van der Waals surface area (Å²) >= 11 is 12.7. The highest BCUT2D eigenvalue weighted by atomic mass is 35.5. The Hall–Kier alpha value is -3.85. The average Bonchev–Trinajstić information content (AvgIpc) is 3.56. The van der Waals surface area contributed by atoms with Crippen LogP contribution in [0.1, 0.15) is 36.8 Å². The van der Waals surface area contributed by atoms with E-state index in [4.69, 9.17) is 23.2 Å². The number of sulfonamides is 1. The number of nitrogens with zero attached hydrogens (tertiary/aromatic N) is 2. The lowest BCUT2D eigenvalue weighted by Gasteiger charge is -2.34. The molecule has 5 rings (SSSR count). The normalized spacial score (nSPS) is 14.1. The van der Waals surface area contributed by atoms with Crippen molar-refractivity contribution in [3.8, 4) is 0 Å². The predicted octanol–water partition coefficient (Wildman–Crippen LogP) is 6.89. The van der Waals surface area contributed by atoms with E-state index >= 15 is 0 Å². The summed E-state index contributed by atoms with van der Waals surface area (Å²) in [5.41, 5.74) is 1.79. The lowest BCUT2D eigenvalue weighted by Crippen LogP contribution is -2.54. The fourth-order valence-corrected chi connectivity index (χ4v) is 7.63. The summed E-state index contributed by atoms with van der Waals surface area (Å²) in [6, 6.07) is 30.3. The Morgan fingerprint density at radius 1 is 0.800 bits per heavy atom. The van der Waals surface area contributed by atoms with E-state index in [1.807, 2.05) is 60.7 Å². The van der Waals surface area contributed by atoms with Gasteiger partial charge in [-0.15, -0.1) is 0 Å². The highest BCUT2D eigenvalue weighted by molar-refractivity contribution is 7.92. The summed E-state index contributed by atoms with van der Waals surface area (Å²) in [6.07, 6.45) is 4.10. The number of carbonyl (C=O) groups is 2. The van der Waals surface area contributed by atoms with Gasteiger partial charge in [0.05, 0.1) is 15.6 Å². The molecule has 1 N–H and O–H groups in total. The molecule has 0 unspecified atom stereocenters. The fraction of sp³-hybridized carbons (Fsp3) is 0.257. The van der Waals surface area contributed by atoms with Crippen molar-refractivity contribution in [1.82, 2.24) is 10.2 Å². The van der Waals surface area contributed by atoms with Gasteiger partial charge in [-0.25, -0.2) is 8.42 Å². The zero-order chi connectivity index (χ0) is 31.8. The first-order chi connectivity index (χ1) is 21.7. The van der Waals surface area contributed by atoms with Crippen LogP contribution in [0.15, 0.2) is 114 Å². The molecule has 0 bridgehead atoms. The lowest BCUT2D eigenvalue weighted by atomic mass is 10.0. The first-order valence-corrected chi connectivity index (χ1v) is 17.1. The molecule has 45 heavy (non-hydrogen) atoms. The molecule has 1 atom stereocenters. The van der Waals surface area contributed by atoms with Gasteiger partial charge in [-0.2, -0.15) is 0 Å². The highest BCUT2D eigenvalue weighted by Crippen LogP contribution is 2.33. The van der Waals surface area contributed by atoms with E-state index in [0.717, 1.165) is 41.1 Å². The SMILES string of the molecule is O=C(NC1CCCC1)[C@H](Cc1ccccc1)N(Cc1ccccc1)C(=O)CN(c1ccc(Cl)cc1Cl)S(=O)(=O)c1ccccc1. The summed E-state index contributed by atoms with van der Waals surface area (Å²) in [6.45, 7) is -0.490. The van der Waals surface area contributed by atoms with Crippen LogP contribution in [-0.4, -0.2) is 43.8 Å². The number of anilines is 1. The third-order valence-electron chi connectivity index (χ3n) is 7.96. The molecule has 0 aromatic heterocycles. The van der Waals surface area contributed by atoms with Gasteiger partial charge in [0.2, 0.25) is 11.8 Å².